The van der Waals surface area contributed by atoms with Gasteiger partial charge in [-0.25, -0.2) is 0 Å². The van der Waals surface area contributed by atoms with Gasteiger partial charge in [-0.1, -0.05) is 20.3 Å². The van der Waals surface area contributed by atoms with Gasteiger partial charge in [-0.15, -0.1) is 0 Å². The Morgan fingerprint density at radius 3 is 2.38 bits per heavy atom. The third-order valence-corrected chi connectivity index (χ3v) is 3.57. The minimum absolute atomic E-state index is 0.275. The number of amides is 2. The molecule has 0 fully saturated rings. The number of rotatable bonds is 6. The van der Waals surface area contributed by atoms with Gasteiger partial charge in [-0.2, -0.15) is 13.2 Å². The fraction of sp³-hybridized carbons (Fsp3) is 0.429. The second kappa shape index (κ2) is 7.28. The van der Waals surface area contributed by atoms with E-state index in [9.17, 15) is 32.9 Å². The number of halogens is 3. The number of benzene rings is 1. The van der Waals surface area contributed by atoms with Crippen molar-refractivity contribution in [3.8, 4) is 0 Å². The van der Waals surface area contributed by atoms with E-state index in [4.69, 9.17) is 5.73 Å². The minimum Gasteiger partial charge on any atom is -0.368 e. The zero-order chi connectivity index (χ0) is 18.7. The van der Waals surface area contributed by atoms with Crippen LogP contribution in [0.3, 0.4) is 0 Å². The molecule has 132 valence electrons. The quantitative estimate of drug-likeness (QED) is 0.606. The van der Waals surface area contributed by atoms with Crippen molar-refractivity contribution in [2.24, 2.45) is 11.7 Å². The summed E-state index contributed by atoms with van der Waals surface area (Å²) in [7, 11) is 0. The maximum atomic E-state index is 12.6. The molecule has 0 aliphatic rings. The molecule has 2 atom stereocenters. The molecule has 24 heavy (non-hydrogen) atoms. The van der Waals surface area contributed by atoms with Crippen LogP contribution in [0.5, 0.6) is 0 Å². The van der Waals surface area contributed by atoms with Gasteiger partial charge < -0.3 is 11.1 Å². The summed E-state index contributed by atoms with van der Waals surface area (Å²) in [6.45, 7) is 3.38. The first kappa shape index (κ1) is 19.4. The molecule has 0 radical (unpaired) electrons. The largest absolute Gasteiger partial charge is 0.416 e. The van der Waals surface area contributed by atoms with E-state index in [2.05, 4.69) is 5.32 Å². The Hall–Kier alpha value is -2.65. The lowest BCUT2D eigenvalue weighted by Gasteiger charge is -2.21. The molecule has 3 N–H and O–H groups in total. The van der Waals surface area contributed by atoms with Crippen molar-refractivity contribution in [3.63, 3.8) is 0 Å². The van der Waals surface area contributed by atoms with E-state index in [0.717, 1.165) is 0 Å². The van der Waals surface area contributed by atoms with Crippen molar-refractivity contribution < 1.29 is 27.7 Å². The molecule has 0 spiro atoms. The van der Waals surface area contributed by atoms with E-state index in [1.165, 1.54) is 0 Å². The zero-order valence-electron chi connectivity index (χ0n) is 12.9. The number of nitro groups is 1. The van der Waals surface area contributed by atoms with Gasteiger partial charge in [-0.3, -0.25) is 19.7 Å². The summed E-state index contributed by atoms with van der Waals surface area (Å²) in [5.74, 6) is -2.23. The summed E-state index contributed by atoms with van der Waals surface area (Å²) in [5, 5.41) is 13.2. The lowest BCUT2D eigenvalue weighted by Crippen LogP contribution is -2.48. The SMILES string of the molecule is CCC(C)C(NC(=O)c1ccc(C(F)(F)F)cc1[N+](=O)[O-])C(N)=O. The fourth-order valence-corrected chi connectivity index (χ4v) is 2.00. The van der Waals surface area contributed by atoms with Crippen LogP contribution < -0.4 is 11.1 Å². The van der Waals surface area contributed by atoms with Gasteiger partial charge in [-0.05, 0) is 18.1 Å². The average molecular weight is 347 g/mol. The molecule has 1 aromatic carbocycles. The van der Waals surface area contributed by atoms with Gasteiger partial charge >= 0.3 is 6.18 Å². The van der Waals surface area contributed by atoms with E-state index >= 15 is 0 Å². The van der Waals surface area contributed by atoms with Crippen LogP contribution in [0.15, 0.2) is 18.2 Å². The van der Waals surface area contributed by atoms with Crippen LogP contribution in [0, 0.1) is 16.0 Å². The van der Waals surface area contributed by atoms with E-state index in [0.29, 0.717) is 18.6 Å². The van der Waals surface area contributed by atoms with Crippen molar-refractivity contribution in [2.45, 2.75) is 32.5 Å². The molecule has 2 unspecified atom stereocenters. The number of alkyl halides is 3. The zero-order valence-corrected chi connectivity index (χ0v) is 12.9. The fourth-order valence-electron chi connectivity index (χ4n) is 2.00. The van der Waals surface area contributed by atoms with Crippen molar-refractivity contribution >= 4 is 17.5 Å². The van der Waals surface area contributed by atoms with Crippen LogP contribution >= 0.6 is 0 Å². The van der Waals surface area contributed by atoms with E-state index in [1.807, 2.05) is 0 Å². The van der Waals surface area contributed by atoms with Crippen molar-refractivity contribution in [3.05, 3.63) is 39.4 Å². The Labute approximate surface area is 135 Å². The summed E-state index contributed by atoms with van der Waals surface area (Å²) in [4.78, 5) is 33.4. The first-order valence-corrected chi connectivity index (χ1v) is 6.94. The van der Waals surface area contributed by atoms with Crippen molar-refractivity contribution in [1.82, 2.24) is 5.32 Å². The highest BCUT2D eigenvalue weighted by atomic mass is 19.4. The predicted octanol–water partition coefficient (Wildman–Crippen LogP) is 2.24. The van der Waals surface area contributed by atoms with E-state index in [1.54, 1.807) is 13.8 Å². The normalized spacial score (nSPS) is 13.9. The third kappa shape index (κ3) is 4.43. The summed E-state index contributed by atoms with van der Waals surface area (Å²) in [5.41, 5.74) is 2.35. The molecule has 7 nitrogen and oxygen atoms in total. The molecule has 1 rings (SSSR count). The Morgan fingerprint density at radius 1 is 1.38 bits per heavy atom. The molecule has 0 aromatic heterocycles. The highest BCUT2D eigenvalue weighted by molar-refractivity contribution is 6.00. The lowest BCUT2D eigenvalue weighted by molar-refractivity contribution is -0.385. The van der Waals surface area contributed by atoms with Crippen LogP contribution in [-0.2, 0) is 11.0 Å². The maximum Gasteiger partial charge on any atom is 0.416 e. The van der Waals surface area contributed by atoms with Gasteiger partial charge in [0, 0.05) is 6.07 Å². The van der Waals surface area contributed by atoms with Crippen LogP contribution in [0.1, 0.15) is 36.2 Å². The van der Waals surface area contributed by atoms with E-state index in [-0.39, 0.29) is 12.0 Å². The number of hydrogen-bond donors (Lipinski definition) is 2. The number of carbonyl (C=O) groups is 2. The molecule has 0 saturated heterocycles. The Bertz CT molecular complexity index is 661. The standard InChI is InChI=1S/C14H16F3N3O4/c1-3-7(2)11(12(18)21)19-13(22)9-5-4-8(14(15,16)17)6-10(9)20(23)24/h4-7,11H,3H2,1-2H3,(H2,18,21)(H,19,22). The molecule has 0 bridgehead atoms. The molecule has 1 aromatic rings. The maximum absolute atomic E-state index is 12.6. The topological polar surface area (TPSA) is 115 Å². The minimum atomic E-state index is -4.79. The predicted molar refractivity (Wildman–Crippen MR) is 78.0 cm³/mol. The molecular weight excluding hydrogens is 331 g/mol. The number of nitrogens with zero attached hydrogens (tertiary/aromatic N) is 1. The summed E-state index contributed by atoms with van der Waals surface area (Å²) >= 11 is 0. The number of primary amides is 1. The number of nitro benzene ring substituents is 1. The van der Waals surface area contributed by atoms with Crippen molar-refractivity contribution in [2.75, 3.05) is 0 Å². The van der Waals surface area contributed by atoms with Gasteiger partial charge in [0.2, 0.25) is 5.91 Å². The molecule has 10 heteroatoms. The number of nitrogens with one attached hydrogen (secondary N) is 1. The Morgan fingerprint density at radius 2 is 1.96 bits per heavy atom. The molecule has 2 amide bonds. The molecule has 0 aliphatic heterocycles. The van der Waals surface area contributed by atoms with Crippen LogP contribution in [0.25, 0.3) is 0 Å². The highest BCUT2D eigenvalue weighted by Crippen LogP contribution is 2.33. The first-order chi connectivity index (χ1) is 11.0. The summed E-state index contributed by atoms with van der Waals surface area (Å²) in [6.07, 6.45) is -4.30. The molecule has 0 saturated carbocycles. The van der Waals surface area contributed by atoms with Gasteiger partial charge in [0.25, 0.3) is 11.6 Å². The first-order valence-electron chi connectivity index (χ1n) is 6.94. The second-order valence-corrected chi connectivity index (χ2v) is 5.23. The molecule has 0 heterocycles. The number of nitrogens with two attached hydrogens (primary N) is 1. The van der Waals surface area contributed by atoms with Gasteiger partial charge in [0.05, 0.1) is 10.5 Å². The van der Waals surface area contributed by atoms with Gasteiger partial charge in [0.15, 0.2) is 0 Å². The average Bonchev–Trinajstić information content (AvgIpc) is 2.49. The third-order valence-electron chi connectivity index (χ3n) is 3.57. The van der Waals surface area contributed by atoms with Crippen LogP contribution in [0.2, 0.25) is 0 Å². The monoisotopic (exact) mass is 347 g/mol. The molecule has 0 aliphatic carbocycles. The lowest BCUT2D eigenvalue weighted by atomic mass is 9.98. The summed E-state index contributed by atoms with van der Waals surface area (Å²) < 4.78 is 37.9. The van der Waals surface area contributed by atoms with Gasteiger partial charge in [0.1, 0.15) is 11.6 Å². The van der Waals surface area contributed by atoms with Crippen LogP contribution in [0.4, 0.5) is 18.9 Å². The highest BCUT2D eigenvalue weighted by Gasteiger charge is 2.34. The smallest absolute Gasteiger partial charge is 0.368 e. The number of carbonyl (C=O) groups excluding carboxylic acids is 2. The summed E-state index contributed by atoms with van der Waals surface area (Å²) in [6, 6.07) is 0.441. The number of hydrogen-bond acceptors (Lipinski definition) is 4. The Kier molecular flexibility index (Phi) is 5.88. The van der Waals surface area contributed by atoms with E-state index < -0.39 is 45.8 Å². The van der Waals surface area contributed by atoms with Crippen LogP contribution in [-0.4, -0.2) is 22.8 Å². The second-order valence-electron chi connectivity index (χ2n) is 5.23. The van der Waals surface area contributed by atoms with Crippen molar-refractivity contribution in [1.29, 1.82) is 0 Å². The molecular formula is C14H16F3N3O4. The Balaban J connectivity index is 3.23.